The minimum absolute atomic E-state index is 0.155. The number of unbranched alkanes of at least 4 members (excludes halogenated alkanes) is 4. The molecule has 4 heteroatoms. The van der Waals surface area contributed by atoms with E-state index in [1.54, 1.807) is 12.1 Å². The Morgan fingerprint density at radius 1 is 1.21 bits per heavy atom. The molecule has 0 saturated heterocycles. The highest BCUT2D eigenvalue weighted by molar-refractivity contribution is 5.89. The molecule has 0 bridgehead atoms. The average Bonchev–Trinajstić information content (AvgIpc) is 2.36. The van der Waals surface area contributed by atoms with Gasteiger partial charge >= 0.3 is 0 Å². The Morgan fingerprint density at radius 3 is 2.63 bits per heavy atom. The molecule has 0 aliphatic heterocycles. The summed E-state index contributed by atoms with van der Waals surface area (Å²) in [6.45, 7) is 4.37. The maximum atomic E-state index is 13.6. The highest BCUT2D eigenvalue weighted by Crippen LogP contribution is 2.19. The minimum Gasteiger partial charge on any atom is -0.383 e. The van der Waals surface area contributed by atoms with Gasteiger partial charge in [0, 0.05) is 19.2 Å². The predicted octanol–water partition coefficient (Wildman–Crippen LogP) is 4.17. The van der Waals surface area contributed by atoms with Gasteiger partial charge in [0.25, 0.3) is 0 Å². The minimum atomic E-state index is -0.289. The zero-order valence-corrected chi connectivity index (χ0v) is 11.8. The molecule has 0 fully saturated rings. The molecule has 0 unspecified atom stereocenters. The summed E-state index contributed by atoms with van der Waals surface area (Å²) in [7, 11) is 0. The third-order valence-corrected chi connectivity index (χ3v) is 2.88. The molecule has 2 N–H and O–H groups in total. The standard InChI is InChI=1S/C15H23FN2O/c1-3-4-5-6-7-10-17-15-11-13(18-12(2)19)8-9-14(15)16/h8-9,11,17H,3-7,10H2,1-2H3,(H,18,19). The van der Waals surface area contributed by atoms with Crippen molar-refractivity contribution in [2.45, 2.75) is 46.0 Å². The van der Waals surface area contributed by atoms with Crippen molar-refractivity contribution in [3.05, 3.63) is 24.0 Å². The van der Waals surface area contributed by atoms with E-state index in [2.05, 4.69) is 17.6 Å². The fourth-order valence-electron chi connectivity index (χ4n) is 1.89. The molecular formula is C15H23FN2O. The van der Waals surface area contributed by atoms with E-state index in [1.165, 1.54) is 32.3 Å². The van der Waals surface area contributed by atoms with Gasteiger partial charge in [0.2, 0.25) is 5.91 Å². The Kier molecular flexibility index (Phi) is 6.93. The van der Waals surface area contributed by atoms with Gasteiger partial charge in [-0.2, -0.15) is 0 Å². The molecule has 0 aliphatic rings. The Balaban J connectivity index is 2.41. The third-order valence-electron chi connectivity index (χ3n) is 2.88. The van der Waals surface area contributed by atoms with Crippen LogP contribution in [-0.4, -0.2) is 12.5 Å². The number of amides is 1. The molecular weight excluding hydrogens is 243 g/mol. The first-order valence-electron chi connectivity index (χ1n) is 6.94. The van der Waals surface area contributed by atoms with Crippen molar-refractivity contribution in [3.8, 4) is 0 Å². The molecule has 0 heterocycles. The maximum absolute atomic E-state index is 13.6. The molecule has 0 spiro atoms. The number of benzene rings is 1. The molecule has 3 nitrogen and oxygen atoms in total. The summed E-state index contributed by atoms with van der Waals surface area (Å²) in [6.07, 6.45) is 5.90. The molecule has 1 aromatic carbocycles. The van der Waals surface area contributed by atoms with Crippen LogP contribution in [0, 0.1) is 5.82 Å². The van der Waals surface area contributed by atoms with Crippen molar-refractivity contribution in [3.63, 3.8) is 0 Å². The van der Waals surface area contributed by atoms with E-state index >= 15 is 0 Å². The second kappa shape index (κ2) is 8.51. The van der Waals surface area contributed by atoms with E-state index in [4.69, 9.17) is 0 Å². The van der Waals surface area contributed by atoms with Gasteiger partial charge in [-0.1, -0.05) is 32.6 Å². The summed E-state index contributed by atoms with van der Waals surface area (Å²) in [5, 5.41) is 5.72. The summed E-state index contributed by atoms with van der Waals surface area (Å²) in [6, 6.07) is 4.55. The normalized spacial score (nSPS) is 10.3. The Hall–Kier alpha value is -1.58. The van der Waals surface area contributed by atoms with Crippen LogP contribution in [0.3, 0.4) is 0 Å². The van der Waals surface area contributed by atoms with Crippen LogP contribution < -0.4 is 10.6 Å². The number of rotatable bonds is 8. The van der Waals surface area contributed by atoms with E-state index in [0.717, 1.165) is 19.4 Å². The number of hydrogen-bond donors (Lipinski definition) is 2. The van der Waals surface area contributed by atoms with Gasteiger partial charge in [0.05, 0.1) is 5.69 Å². The number of anilines is 2. The second-order valence-electron chi connectivity index (χ2n) is 4.72. The van der Waals surface area contributed by atoms with Crippen molar-refractivity contribution < 1.29 is 9.18 Å². The second-order valence-corrected chi connectivity index (χ2v) is 4.72. The molecule has 1 aromatic rings. The summed E-state index contributed by atoms with van der Waals surface area (Å²) in [4.78, 5) is 10.9. The molecule has 0 radical (unpaired) electrons. The largest absolute Gasteiger partial charge is 0.383 e. The Labute approximate surface area is 114 Å². The first-order chi connectivity index (χ1) is 9.13. The van der Waals surface area contributed by atoms with Crippen LogP contribution in [0.4, 0.5) is 15.8 Å². The number of halogens is 1. The predicted molar refractivity (Wildman–Crippen MR) is 78.0 cm³/mol. The highest BCUT2D eigenvalue weighted by Gasteiger charge is 2.04. The molecule has 1 rings (SSSR count). The van der Waals surface area contributed by atoms with Crippen molar-refractivity contribution in [2.75, 3.05) is 17.2 Å². The van der Waals surface area contributed by atoms with Crippen LogP contribution >= 0.6 is 0 Å². The SMILES string of the molecule is CCCCCCCNc1cc(NC(C)=O)ccc1F. The molecule has 0 aromatic heterocycles. The molecule has 0 aliphatic carbocycles. The number of nitrogens with one attached hydrogen (secondary N) is 2. The zero-order chi connectivity index (χ0) is 14.1. The number of carbonyl (C=O) groups is 1. The lowest BCUT2D eigenvalue weighted by atomic mass is 10.1. The number of carbonyl (C=O) groups excluding carboxylic acids is 1. The van der Waals surface area contributed by atoms with Crippen LogP contribution in [0.25, 0.3) is 0 Å². The summed E-state index contributed by atoms with van der Waals surface area (Å²) in [5.41, 5.74) is 1.06. The van der Waals surface area contributed by atoms with Gasteiger partial charge in [-0.15, -0.1) is 0 Å². The first-order valence-corrected chi connectivity index (χ1v) is 6.94. The van der Waals surface area contributed by atoms with Crippen molar-refractivity contribution >= 4 is 17.3 Å². The van der Waals surface area contributed by atoms with Crippen molar-refractivity contribution in [1.29, 1.82) is 0 Å². The molecule has 1 amide bonds. The molecule has 0 atom stereocenters. The van der Waals surface area contributed by atoms with Gasteiger partial charge < -0.3 is 10.6 Å². The highest BCUT2D eigenvalue weighted by atomic mass is 19.1. The summed E-state index contributed by atoms with van der Waals surface area (Å²) >= 11 is 0. The quantitative estimate of drug-likeness (QED) is 0.693. The fourth-order valence-corrected chi connectivity index (χ4v) is 1.89. The van der Waals surface area contributed by atoms with Crippen LogP contribution in [-0.2, 0) is 4.79 Å². The van der Waals surface area contributed by atoms with E-state index in [-0.39, 0.29) is 11.7 Å². The van der Waals surface area contributed by atoms with E-state index in [1.807, 2.05) is 0 Å². The lowest BCUT2D eigenvalue weighted by Crippen LogP contribution is -2.08. The van der Waals surface area contributed by atoms with Gasteiger partial charge in [0.15, 0.2) is 0 Å². The average molecular weight is 266 g/mol. The Morgan fingerprint density at radius 2 is 1.95 bits per heavy atom. The van der Waals surface area contributed by atoms with Crippen molar-refractivity contribution in [1.82, 2.24) is 0 Å². The topological polar surface area (TPSA) is 41.1 Å². The van der Waals surface area contributed by atoms with E-state index in [0.29, 0.717) is 11.4 Å². The molecule has 0 saturated carbocycles. The van der Waals surface area contributed by atoms with E-state index in [9.17, 15) is 9.18 Å². The van der Waals surface area contributed by atoms with Crippen molar-refractivity contribution in [2.24, 2.45) is 0 Å². The zero-order valence-electron chi connectivity index (χ0n) is 11.8. The van der Waals surface area contributed by atoms with Crippen LogP contribution in [0.5, 0.6) is 0 Å². The van der Waals surface area contributed by atoms with Gasteiger partial charge in [0.1, 0.15) is 5.82 Å². The van der Waals surface area contributed by atoms with Crippen LogP contribution in [0.2, 0.25) is 0 Å². The lowest BCUT2D eigenvalue weighted by molar-refractivity contribution is -0.114. The van der Waals surface area contributed by atoms with Gasteiger partial charge in [-0.05, 0) is 24.6 Å². The monoisotopic (exact) mass is 266 g/mol. The molecule has 106 valence electrons. The third kappa shape index (κ3) is 6.22. The van der Waals surface area contributed by atoms with Crippen LogP contribution in [0.15, 0.2) is 18.2 Å². The van der Waals surface area contributed by atoms with Gasteiger partial charge in [-0.3, -0.25) is 4.79 Å². The Bertz CT molecular complexity index is 407. The lowest BCUT2D eigenvalue weighted by Gasteiger charge is -2.10. The summed E-state index contributed by atoms with van der Waals surface area (Å²) in [5.74, 6) is -0.445. The summed E-state index contributed by atoms with van der Waals surface area (Å²) < 4.78 is 13.6. The van der Waals surface area contributed by atoms with Crippen LogP contribution in [0.1, 0.15) is 46.0 Å². The number of hydrogen-bond acceptors (Lipinski definition) is 2. The fraction of sp³-hybridized carbons (Fsp3) is 0.533. The van der Waals surface area contributed by atoms with E-state index < -0.39 is 0 Å². The van der Waals surface area contributed by atoms with Gasteiger partial charge in [-0.25, -0.2) is 4.39 Å². The smallest absolute Gasteiger partial charge is 0.221 e. The first kappa shape index (κ1) is 15.5. The maximum Gasteiger partial charge on any atom is 0.221 e. The molecule has 19 heavy (non-hydrogen) atoms.